The van der Waals surface area contributed by atoms with Gasteiger partial charge in [-0.25, -0.2) is 0 Å². The maximum absolute atomic E-state index is 5.39. The third-order valence-electron chi connectivity index (χ3n) is 4.39. The first-order valence-electron chi connectivity index (χ1n) is 7.45. The van der Waals surface area contributed by atoms with Crippen LogP contribution in [0.1, 0.15) is 62.6 Å². The lowest BCUT2D eigenvalue weighted by Gasteiger charge is -2.19. The third kappa shape index (κ3) is 2.91. The zero-order valence-corrected chi connectivity index (χ0v) is 11.0. The van der Waals surface area contributed by atoms with E-state index in [-0.39, 0.29) is 0 Å². The molecule has 4 heteroatoms. The molecule has 1 aromatic heterocycles. The van der Waals surface area contributed by atoms with Crippen molar-refractivity contribution in [1.82, 2.24) is 15.5 Å². The molecule has 4 nitrogen and oxygen atoms in total. The standard InChI is InChI=1S/C14H23N3O/c1-2-5-11(4-1)7-8-13-16-14(17-18-13)12-6-3-9-15-10-12/h11-12,15H,1-10H2. The SMILES string of the molecule is C1CCC(CCc2nc(C3CCCNC3)no2)C1. The quantitative estimate of drug-likeness (QED) is 0.891. The fourth-order valence-electron chi connectivity index (χ4n) is 3.23. The maximum atomic E-state index is 5.39. The van der Waals surface area contributed by atoms with Gasteiger partial charge in [0.15, 0.2) is 5.82 Å². The molecule has 100 valence electrons. The number of nitrogens with zero attached hydrogens (tertiary/aromatic N) is 2. The molecule has 0 aromatic carbocycles. The Bertz CT molecular complexity index is 365. The Labute approximate surface area is 109 Å². The Morgan fingerprint density at radius 2 is 2.06 bits per heavy atom. The zero-order chi connectivity index (χ0) is 12.2. The average molecular weight is 249 g/mol. The summed E-state index contributed by atoms with van der Waals surface area (Å²) < 4.78 is 5.39. The molecule has 1 atom stereocenters. The van der Waals surface area contributed by atoms with Gasteiger partial charge in [0.2, 0.25) is 5.89 Å². The van der Waals surface area contributed by atoms with Gasteiger partial charge in [-0.1, -0.05) is 30.8 Å². The van der Waals surface area contributed by atoms with Crippen LogP contribution >= 0.6 is 0 Å². The van der Waals surface area contributed by atoms with E-state index < -0.39 is 0 Å². The third-order valence-corrected chi connectivity index (χ3v) is 4.39. The van der Waals surface area contributed by atoms with Crippen molar-refractivity contribution in [2.75, 3.05) is 13.1 Å². The van der Waals surface area contributed by atoms with Gasteiger partial charge in [-0.15, -0.1) is 0 Å². The number of hydrogen-bond donors (Lipinski definition) is 1. The van der Waals surface area contributed by atoms with Crippen LogP contribution in [0.2, 0.25) is 0 Å². The van der Waals surface area contributed by atoms with Crippen molar-refractivity contribution in [2.45, 2.75) is 57.3 Å². The molecule has 1 unspecified atom stereocenters. The van der Waals surface area contributed by atoms with E-state index >= 15 is 0 Å². The lowest BCUT2D eigenvalue weighted by atomic mass is 9.99. The van der Waals surface area contributed by atoms with E-state index in [9.17, 15) is 0 Å². The number of rotatable bonds is 4. The Kier molecular flexibility index (Phi) is 3.93. The number of hydrogen-bond acceptors (Lipinski definition) is 4. The Balaban J connectivity index is 1.52. The summed E-state index contributed by atoms with van der Waals surface area (Å²) >= 11 is 0. The second kappa shape index (κ2) is 5.83. The molecule has 2 aliphatic rings. The molecule has 1 aliphatic heterocycles. The van der Waals surface area contributed by atoms with Gasteiger partial charge in [0.1, 0.15) is 0 Å². The summed E-state index contributed by atoms with van der Waals surface area (Å²) in [5.41, 5.74) is 0. The normalized spacial score (nSPS) is 25.7. The van der Waals surface area contributed by atoms with Gasteiger partial charge in [0.05, 0.1) is 0 Å². The van der Waals surface area contributed by atoms with Crippen LogP contribution in [0.25, 0.3) is 0 Å². The second-order valence-electron chi connectivity index (χ2n) is 5.78. The summed E-state index contributed by atoms with van der Waals surface area (Å²) in [4.78, 5) is 4.58. The van der Waals surface area contributed by atoms with E-state index in [4.69, 9.17) is 4.52 Å². The van der Waals surface area contributed by atoms with Crippen LogP contribution in [-0.2, 0) is 6.42 Å². The van der Waals surface area contributed by atoms with Crippen molar-refractivity contribution < 1.29 is 4.52 Å². The van der Waals surface area contributed by atoms with Crippen molar-refractivity contribution in [2.24, 2.45) is 5.92 Å². The summed E-state index contributed by atoms with van der Waals surface area (Å²) in [6.45, 7) is 2.13. The molecule has 0 spiro atoms. The fraction of sp³-hybridized carbons (Fsp3) is 0.857. The molecule has 1 aliphatic carbocycles. The first kappa shape index (κ1) is 12.2. The molecule has 1 N–H and O–H groups in total. The molecule has 1 saturated carbocycles. The van der Waals surface area contributed by atoms with Crippen LogP contribution in [-0.4, -0.2) is 23.2 Å². The molecule has 1 aromatic rings. The molecule has 18 heavy (non-hydrogen) atoms. The maximum Gasteiger partial charge on any atom is 0.226 e. The van der Waals surface area contributed by atoms with Gasteiger partial charge in [0, 0.05) is 18.9 Å². The van der Waals surface area contributed by atoms with Crippen molar-refractivity contribution in [1.29, 1.82) is 0 Å². The van der Waals surface area contributed by atoms with E-state index in [0.717, 1.165) is 37.1 Å². The van der Waals surface area contributed by atoms with Crippen molar-refractivity contribution in [3.8, 4) is 0 Å². The highest BCUT2D eigenvalue weighted by atomic mass is 16.5. The van der Waals surface area contributed by atoms with Crippen LogP contribution in [0.3, 0.4) is 0 Å². The number of piperidine rings is 1. The lowest BCUT2D eigenvalue weighted by Crippen LogP contribution is -2.28. The largest absolute Gasteiger partial charge is 0.339 e. The van der Waals surface area contributed by atoms with Crippen LogP contribution in [0, 0.1) is 5.92 Å². The van der Waals surface area contributed by atoms with E-state index in [2.05, 4.69) is 15.5 Å². The summed E-state index contributed by atoms with van der Waals surface area (Å²) in [5, 5.41) is 7.56. The predicted octanol–water partition coefficient (Wildman–Crippen LogP) is 2.66. The zero-order valence-electron chi connectivity index (χ0n) is 11.0. The van der Waals surface area contributed by atoms with Gasteiger partial charge in [0.25, 0.3) is 0 Å². The molecule has 1 saturated heterocycles. The van der Waals surface area contributed by atoms with Gasteiger partial charge in [-0.2, -0.15) is 4.98 Å². The van der Waals surface area contributed by atoms with E-state index in [1.807, 2.05) is 0 Å². The van der Waals surface area contributed by atoms with Crippen LogP contribution in [0.15, 0.2) is 4.52 Å². The Morgan fingerprint density at radius 3 is 2.83 bits per heavy atom. The molecule has 0 bridgehead atoms. The Morgan fingerprint density at radius 1 is 1.17 bits per heavy atom. The predicted molar refractivity (Wildman–Crippen MR) is 69.4 cm³/mol. The molecule has 0 radical (unpaired) electrons. The van der Waals surface area contributed by atoms with Crippen molar-refractivity contribution >= 4 is 0 Å². The molecular weight excluding hydrogens is 226 g/mol. The first-order chi connectivity index (χ1) is 8.92. The number of aryl methyl sites for hydroxylation is 1. The average Bonchev–Trinajstić information content (AvgIpc) is 3.09. The smallest absolute Gasteiger partial charge is 0.226 e. The summed E-state index contributed by atoms with van der Waals surface area (Å²) in [6.07, 6.45) is 10.2. The van der Waals surface area contributed by atoms with Crippen LogP contribution < -0.4 is 5.32 Å². The lowest BCUT2D eigenvalue weighted by molar-refractivity contribution is 0.350. The van der Waals surface area contributed by atoms with E-state index in [1.54, 1.807) is 0 Å². The first-order valence-corrected chi connectivity index (χ1v) is 7.45. The molecular formula is C14H23N3O. The molecule has 0 amide bonds. The minimum Gasteiger partial charge on any atom is -0.339 e. The topological polar surface area (TPSA) is 51.0 Å². The van der Waals surface area contributed by atoms with Crippen molar-refractivity contribution in [3.63, 3.8) is 0 Å². The highest BCUT2D eigenvalue weighted by molar-refractivity contribution is 4.98. The van der Waals surface area contributed by atoms with E-state index in [0.29, 0.717) is 5.92 Å². The monoisotopic (exact) mass is 249 g/mol. The summed E-state index contributed by atoms with van der Waals surface area (Å²) in [5.74, 6) is 3.13. The minimum atomic E-state index is 0.461. The van der Waals surface area contributed by atoms with Crippen LogP contribution in [0.5, 0.6) is 0 Å². The van der Waals surface area contributed by atoms with Gasteiger partial charge >= 0.3 is 0 Å². The highest BCUT2D eigenvalue weighted by Gasteiger charge is 2.21. The molecule has 2 fully saturated rings. The molecule has 3 rings (SSSR count). The molecule has 2 heterocycles. The van der Waals surface area contributed by atoms with Crippen molar-refractivity contribution in [3.05, 3.63) is 11.7 Å². The number of nitrogens with one attached hydrogen (secondary N) is 1. The Hall–Kier alpha value is -0.900. The number of aromatic nitrogens is 2. The summed E-state index contributed by atoms with van der Waals surface area (Å²) in [6, 6.07) is 0. The van der Waals surface area contributed by atoms with Gasteiger partial charge < -0.3 is 9.84 Å². The second-order valence-corrected chi connectivity index (χ2v) is 5.78. The highest BCUT2D eigenvalue weighted by Crippen LogP contribution is 2.28. The van der Waals surface area contributed by atoms with E-state index in [1.165, 1.54) is 44.9 Å². The van der Waals surface area contributed by atoms with Gasteiger partial charge in [-0.05, 0) is 31.7 Å². The fourth-order valence-corrected chi connectivity index (χ4v) is 3.23. The van der Waals surface area contributed by atoms with Crippen LogP contribution in [0.4, 0.5) is 0 Å². The van der Waals surface area contributed by atoms with Gasteiger partial charge in [-0.3, -0.25) is 0 Å². The minimum absolute atomic E-state index is 0.461. The summed E-state index contributed by atoms with van der Waals surface area (Å²) in [7, 11) is 0.